The first-order valence-electron chi connectivity index (χ1n) is 10.4. The average molecular weight is 421 g/mol. The Morgan fingerprint density at radius 2 is 1.60 bits per heavy atom. The molecule has 0 aliphatic heterocycles. The summed E-state index contributed by atoms with van der Waals surface area (Å²) in [4.78, 5) is 51.0. The second-order valence-electron chi connectivity index (χ2n) is 7.51. The Bertz CT molecular complexity index is 988. The molecule has 2 aromatic heterocycles. The normalized spacial score (nSPS) is 11.2. The van der Waals surface area contributed by atoms with Gasteiger partial charge in [0, 0.05) is 34.1 Å². The van der Waals surface area contributed by atoms with Gasteiger partial charge in [0.25, 0.3) is 11.5 Å². The first kappa shape index (κ1) is 23.5. The van der Waals surface area contributed by atoms with E-state index in [9.17, 15) is 19.2 Å². The minimum Gasteiger partial charge on any atom is -0.350 e. The van der Waals surface area contributed by atoms with E-state index in [1.54, 1.807) is 25.0 Å². The Hall–Kier alpha value is -2.75. The Balaban J connectivity index is 1.60. The molecule has 0 bridgehead atoms. The third-order valence-electron chi connectivity index (χ3n) is 5.07. The van der Waals surface area contributed by atoms with Gasteiger partial charge < -0.3 is 15.2 Å². The largest absolute Gasteiger partial charge is 0.350 e. The summed E-state index contributed by atoms with van der Waals surface area (Å²) in [6, 6.07) is 0. The summed E-state index contributed by atoms with van der Waals surface area (Å²) >= 11 is 0. The number of Topliss-reactive ketones (excluding diaryl/α,β-unsaturated/α-hetero) is 1. The molecule has 0 aliphatic rings. The van der Waals surface area contributed by atoms with Gasteiger partial charge in [-0.05, 0) is 38.8 Å². The van der Waals surface area contributed by atoms with Crippen LogP contribution in [0.2, 0.25) is 0 Å². The van der Waals surface area contributed by atoms with E-state index in [2.05, 4.69) is 15.6 Å². The van der Waals surface area contributed by atoms with E-state index >= 15 is 0 Å². The molecule has 30 heavy (non-hydrogen) atoms. The van der Waals surface area contributed by atoms with Crippen LogP contribution in [-0.4, -0.2) is 50.0 Å². The zero-order chi connectivity index (χ0) is 22.1. The molecule has 1 amide bonds. The number of imidazole rings is 1. The zero-order valence-corrected chi connectivity index (χ0v) is 18.1. The van der Waals surface area contributed by atoms with Crippen molar-refractivity contribution in [1.29, 1.82) is 0 Å². The lowest BCUT2D eigenvalue weighted by atomic mass is 10.2. The highest BCUT2D eigenvalue weighted by Crippen LogP contribution is 2.04. The number of amides is 1. The Morgan fingerprint density at radius 1 is 0.967 bits per heavy atom. The van der Waals surface area contributed by atoms with Crippen LogP contribution in [0.3, 0.4) is 0 Å². The molecule has 2 rings (SSSR count). The van der Waals surface area contributed by atoms with Crippen LogP contribution < -0.4 is 21.9 Å². The molecule has 166 valence electrons. The van der Waals surface area contributed by atoms with Crippen LogP contribution in [0.4, 0.5) is 0 Å². The Kier molecular flexibility index (Phi) is 8.97. The predicted molar refractivity (Wildman–Crippen MR) is 114 cm³/mol. The Labute approximate surface area is 175 Å². The fraction of sp³-hybridized carbons (Fsp3) is 0.650. The minimum absolute atomic E-state index is 0.283. The maximum atomic E-state index is 12.6. The first-order valence-corrected chi connectivity index (χ1v) is 10.4. The highest BCUT2D eigenvalue weighted by molar-refractivity contribution is 6.35. The quantitative estimate of drug-likeness (QED) is 0.350. The highest BCUT2D eigenvalue weighted by atomic mass is 16.2. The molecule has 2 N–H and O–H groups in total. The van der Waals surface area contributed by atoms with Crippen LogP contribution in [-0.2, 0) is 30.2 Å². The summed E-state index contributed by atoms with van der Waals surface area (Å²) < 4.78 is 4.37. The number of nitrogens with one attached hydrogen (secondary N) is 2. The van der Waals surface area contributed by atoms with Gasteiger partial charge in [0.2, 0.25) is 5.78 Å². The van der Waals surface area contributed by atoms with Crippen molar-refractivity contribution in [2.45, 2.75) is 52.0 Å². The average Bonchev–Trinajstić information content (AvgIpc) is 3.10. The van der Waals surface area contributed by atoms with Crippen LogP contribution in [0.5, 0.6) is 0 Å². The number of unbranched alkanes of at least 4 members (excludes halogenated alkanes) is 4. The lowest BCUT2D eigenvalue weighted by Gasteiger charge is -2.09. The van der Waals surface area contributed by atoms with Crippen LogP contribution >= 0.6 is 0 Å². The van der Waals surface area contributed by atoms with Crippen molar-refractivity contribution < 1.29 is 9.59 Å². The van der Waals surface area contributed by atoms with E-state index in [0.29, 0.717) is 24.3 Å². The maximum absolute atomic E-state index is 12.6. The second-order valence-corrected chi connectivity index (χ2v) is 7.51. The topological polar surface area (TPSA) is 120 Å². The summed E-state index contributed by atoms with van der Waals surface area (Å²) in [6.07, 6.45) is 7.06. The van der Waals surface area contributed by atoms with E-state index in [1.807, 2.05) is 0 Å². The van der Waals surface area contributed by atoms with Crippen LogP contribution in [0.1, 0.15) is 45.4 Å². The van der Waals surface area contributed by atoms with Gasteiger partial charge in [-0.1, -0.05) is 12.8 Å². The smallest absolute Gasteiger partial charge is 0.332 e. The number of fused-ring (bicyclic) bond motifs is 1. The molecule has 0 aromatic carbocycles. The molecule has 0 unspecified atom stereocenters. The molecule has 2 aromatic rings. The molecule has 0 aliphatic carbocycles. The van der Waals surface area contributed by atoms with Crippen LogP contribution in [0.25, 0.3) is 11.2 Å². The van der Waals surface area contributed by atoms with Gasteiger partial charge in [0.15, 0.2) is 11.2 Å². The number of carbonyl (C=O) groups excluding carboxylic acids is 2. The van der Waals surface area contributed by atoms with Gasteiger partial charge in [-0.15, -0.1) is 0 Å². The molecule has 0 radical (unpaired) electrons. The van der Waals surface area contributed by atoms with E-state index in [4.69, 9.17) is 0 Å². The summed E-state index contributed by atoms with van der Waals surface area (Å²) in [5, 5.41) is 5.93. The van der Waals surface area contributed by atoms with Crippen LogP contribution in [0.15, 0.2) is 15.9 Å². The van der Waals surface area contributed by atoms with E-state index in [-0.39, 0.29) is 11.2 Å². The van der Waals surface area contributed by atoms with Crippen molar-refractivity contribution in [3.05, 3.63) is 27.2 Å². The SMILES string of the molecule is CC(=O)C(=O)NCCCCNCCCCCCn1c(=O)c2c(ncn2C)n(C)c1=O. The van der Waals surface area contributed by atoms with Crippen molar-refractivity contribution >= 4 is 22.9 Å². The molecule has 0 atom stereocenters. The van der Waals surface area contributed by atoms with Crippen molar-refractivity contribution in [1.82, 2.24) is 29.3 Å². The number of nitrogens with zero attached hydrogens (tertiary/aromatic N) is 4. The zero-order valence-electron chi connectivity index (χ0n) is 18.1. The van der Waals surface area contributed by atoms with Gasteiger partial charge in [-0.2, -0.15) is 0 Å². The van der Waals surface area contributed by atoms with Crippen molar-refractivity contribution in [2.75, 3.05) is 19.6 Å². The fourth-order valence-corrected chi connectivity index (χ4v) is 3.29. The third kappa shape index (κ3) is 6.12. The van der Waals surface area contributed by atoms with Crippen molar-refractivity contribution in [3.63, 3.8) is 0 Å². The molecule has 0 saturated heterocycles. The second kappa shape index (κ2) is 11.4. The summed E-state index contributed by atoms with van der Waals surface area (Å²) in [6.45, 7) is 3.96. The van der Waals surface area contributed by atoms with E-state index in [1.165, 1.54) is 16.1 Å². The predicted octanol–water partition coefficient (Wildman–Crippen LogP) is 0.0691. The van der Waals surface area contributed by atoms with Gasteiger partial charge >= 0.3 is 5.69 Å². The molecule has 10 nitrogen and oxygen atoms in total. The third-order valence-corrected chi connectivity index (χ3v) is 5.07. The number of hydrogen-bond acceptors (Lipinski definition) is 6. The van der Waals surface area contributed by atoms with Gasteiger partial charge in [0.05, 0.1) is 6.33 Å². The maximum Gasteiger partial charge on any atom is 0.332 e. The number of ketones is 1. The first-order chi connectivity index (χ1) is 14.3. The van der Waals surface area contributed by atoms with E-state index < -0.39 is 11.7 Å². The van der Waals surface area contributed by atoms with Gasteiger partial charge in [-0.25, -0.2) is 9.78 Å². The molecular weight excluding hydrogens is 388 g/mol. The molecular formula is C20H32N6O4. The van der Waals surface area contributed by atoms with Crippen LogP contribution in [0, 0.1) is 0 Å². The lowest BCUT2D eigenvalue weighted by molar-refractivity contribution is -0.136. The fourth-order valence-electron chi connectivity index (χ4n) is 3.29. The molecule has 0 fully saturated rings. The van der Waals surface area contributed by atoms with E-state index in [0.717, 1.165) is 51.6 Å². The molecule has 0 saturated carbocycles. The molecule has 2 heterocycles. The molecule has 10 heteroatoms. The molecule has 0 spiro atoms. The summed E-state index contributed by atoms with van der Waals surface area (Å²) in [5.74, 6) is -0.987. The number of aromatic nitrogens is 4. The number of rotatable bonds is 13. The highest BCUT2D eigenvalue weighted by Gasteiger charge is 2.14. The minimum atomic E-state index is -0.525. The number of carbonyl (C=O) groups is 2. The lowest BCUT2D eigenvalue weighted by Crippen LogP contribution is -2.39. The standard InChI is InChI=1S/C20H32N6O4/c1-15(27)18(28)22-12-8-7-11-21-10-6-4-5-9-13-26-19(29)16-17(23-14-24(16)2)25(3)20(26)30/h14,21H,4-13H2,1-3H3,(H,22,28). The Morgan fingerprint density at radius 3 is 2.30 bits per heavy atom. The monoisotopic (exact) mass is 420 g/mol. The summed E-state index contributed by atoms with van der Waals surface area (Å²) in [7, 11) is 3.39. The van der Waals surface area contributed by atoms with Crippen molar-refractivity contribution in [3.8, 4) is 0 Å². The summed E-state index contributed by atoms with van der Waals surface area (Å²) in [5.41, 5.74) is 0.250. The number of aryl methyl sites for hydroxylation is 2. The number of hydrogen-bond donors (Lipinski definition) is 2. The van der Waals surface area contributed by atoms with Gasteiger partial charge in [-0.3, -0.25) is 23.5 Å². The van der Waals surface area contributed by atoms with Crippen molar-refractivity contribution in [2.24, 2.45) is 14.1 Å². The van der Waals surface area contributed by atoms with Gasteiger partial charge in [0.1, 0.15) is 0 Å².